The highest BCUT2D eigenvalue weighted by Crippen LogP contribution is 2.36. The van der Waals surface area contributed by atoms with Gasteiger partial charge < -0.3 is 4.74 Å². The Hall–Kier alpha value is -2.86. The van der Waals surface area contributed by atoms with Crippen LogP contribution in [-0.4, -0.2) is 60.1 Å². The Balaban J connectivity index is 0.000000523. The van der Waals surface area contributed by atoms with E-state index >= 15 is 0 Å². The van der Waals surface area contributed by atoms with Gasteiger partial charge in [-0.2, -0.15) is 4.90 Å². The summed E-state index contributed by atoms with van der Waals surface area (Å²) in [5.41, 5.74) is 1.87. The predicted molar refractivity (Wildman–Crippen MR) is 102 cm³/mol. The minimum atomic E-state index is -4.94. The van der Waals surface area contributed by atoms with Crippen LogP contribution < -0.4 is 23.5 Å². The Morgan fingerprint density at radius 2 is 1.34 bits per heavy atom. The molecule has 0 radical (unpaired) electrons. The van der Waals surface area contributed by atoms with Crippen LogP contribution >= 0.6 is 0 Å². The van der Waals surface area contributed by atoms with Gasteiger partial charge in [-0.25, -0.2) is 18.6 Å². The second kappa shape index (κ2) is 9.33. The number of carbonyl (C=O) groups is 2. The average Bonchev–Trinajstić information content (AvgIpc) is 2.95. The van der Waals surface area contributed by atoms with Crippen molar-refractivity contribution in [3.63, 3.8) is 0 Å². The second-order valence-corrected chi connectivity index (χ2v) is 7.91. The van der Waals surface area contributed by atoms with E-state index in [2.05, 4.69) is 0 Å². The molecule has 0 aromatic heterocycles. The molecule has 0 unspecified atom stereocenters. The van der Waals surface area contributed by atoms with Crippen molar-refractivity contribution in [3.05, 3.63) is 65.7 Å². The lowest BCUT2D eigenvalue weighted by Crippen LogP contribution is -2.74. The predicted octanol–water partition coefficient (Wildman–Crippen LogP) is -2.55. The number of para-hydroxylation sites is 1. The van der Waals surface area contributed by atoms with Gasteiger partial charge >= 0.3 is 0 Å². The molecule has 1 fully saturated rings. The molecule has 2 aromatic carbocycles. The zero-order chi connectivity index (χ0) is 23.6. The van der Waals surface area contributed by atoms with Crippen molar-refractivity contribution in [2.45, 2.75) is 19.2 Å². The fraction of sp³-hybridized carbons (Fsp3) is 0.286. The van der Waals surface area contributed by atoms with Gasteiger partial charge in [0.1, 0.15) is 5.69 Å². The highest BCUT2D eigenvalue weighted by molar-refractivity contribution is 6.24. The molecule has 0 N–H and O–H groups in total. The van der Waals surface area contributed by atoms with Gasteiger partial charge in [0, 0.05) is 6.61 Å². The number of nitrogens with zero attached hydrogens (tertiary/aromatic N) is 3. The van der Waals surface area contributed by atoms with Crippen molar-refractivity contribution in [2.24, 2.45) is 0 Å². The second-order valence-electron chi connectivity index (χ2n) is 7.15. The molecule has 1 saturated heterocycles. The zero-order valence-electron chi connectivity index (χ0n) is 17.6. The van der Waals surface area contributed by atoms with Crippen LogP contribution in [0.25, 0.3) is 0 Å². The van der Waals surface area contributed by atoms with Gasteiger partial charge in [0.25, 0.3) is 17.6 Å². The molecule has 4 rings (SSSR count). The molecule has 10 nitrogen and oxygen atoms in total. The lowest BCUT2D eigenvalue weighted by Gasteiger charge is -2.45. The first-order valence-electron chi connectivity index (χ1n) is 9.65. The minimum Gasteiger partial charge on any atom is -0.337 e. The van der Waals surface area contributed by atoms with Gasteiger partial charge in [0.15, 0.2) is 0 Å². The van der Waals surface area contributed by atoms with E-state index in [4.69, 9.17) is 23.4 Å². The number of carbonyl (C=O) groups excluding carboxylic acids is 2. The Morgan fingerprint density at radius 1 is 0.875 bits per heavy atom. The van der Waals surface area contributed by atoms with Crippen LogP contribution in [0.4, 0.5) is 5.69 Å². The fourth-order valence-electron chi connectivity index (χ4n) is 3.85. The number of amidine groups is 1. The molecular formula is C21H22ClN3O7. The Kier molecular flexibility index (Phi) is 6.94. The summed E-state index contributed by atoms with van der Waals surface area (Å²) in [7, 11) is -1.11. The third-order valence-corrected chi connectivity index (χ3v) is 4.97. The highest BCUT2D eigenvalue weighted by Gasteiger charge is 2.62. The molecule has 0 saturated carbocycles. The number of amides is 2. The maximum absolute atomic E-state index is 13.0. The number of hydrogen-bond acceptors (Lipinski definition) is 7. The van der Waals surface area contributed by atoms with E-state index < -0.39 is 22.5 Å². The largest absolute Gasteiger partial charge is 0.337 e. The van der Waals surface area contributed by atoms with Crippen molar-refractivity contribution in [1.82, 2.24) is 4.90 Å². The van der Waals surface area contributed by atoms with Crippen molar-refractivity contribution in [3.8, 4) is 0 Å². The van der Waals surface area contributed by atoms with Gasteiger partial charge in [-0.3, -0.25) is 19.1 Å². The molecule has 0 spiro atoms. The van der Waals surface area contributed by atoms with Crippen LogP contribution in [0.3, 0.4) is 0 Å². The number of benzene rings is 2. The van der Waals surface area contributed by atoms with E-state index in [-0.39, 0.29) is 11.8 Å². The molecular weight excluding hydrogens is 442 g/mol. The van der Waals surface area contributed by atoms with E-state index in [0.29, 0.717) is 17.7 Å². The molecule has 2 aliphatic rings. The number of rotatable bonds is 4. The highest BCUT2D eigenvalue weighted by atomic mass is 35.7. The van der Waals surface area contributed by atoms with Gasteiger partial charge in [-0.1, -0.05) is 30.3 Å². The summed E-state index contributed by atoms with van der Waals surface area (Å²) in [5, 5.41) is 0. The molecule has 32 heavy (non-hydrogen) atoms. The average molecular weight is 464 g/mol. The fourth-order valence-corrected chi connectivity index (χ4v) is 3.85. The molecule has 2 amide bonds. The summed E-state index contributed by atoms with van der Waals surface area (Å²) >= 11 is 0. The molecule has 11 heteroatoms. The lowest BCUT2D eigenvalue weighted by atomic mass is 9.99. The maximum Gasteiger partial charge on any atom is 0.284 e. The third kappa shape index (κ3) is 4.65. The van der Waals surface area contributed by atoms with Crippen LogP contribution in [0.5, 0.6) is 0 Å². The van der Waals surface area contributed by atoms with Crippen LogP contribution in [0.2, 0.25) is 0 Å². The Labute approximate surface area is 186 Å². The molecule has 2 heterocycles. The van der Waals surface area contributed by atoms with E-state index in [1.807, 2.05) is 60.8 Å². The summed E-state index contributed by atoms with van der Waals surface area (Å²) < 4.78 is 41.9. The van der Waals surface area contributed by atoms with Gasteiger partial charge in [-0.15, -0.1) is 10.2 Å². The third-order valence-electron chi connectivity index (χ3n) is 4.97. The Bertz CT molecular complexity index is 994. The number of halogens is 1. The van der Waals surface area contributed by atoms with Crippen LogP contribution in [0.1, 0.15) is 27.6 Å². The molecule has 0 aliphatic carbocycles. The molecule has 2 aromatic rings. The van der Waals surface area contributed by atoms with Crippen molar-refractivity contribution >= 4 is 23.3 Å². The van der Waals surface area contributed by atoms with Gasteiger partial charge in [0.05, 0.1) is 25.2 Å². The number of imide groups is 1. The van der Waals surface area contributed by atoms with E-state index in [1.165, 1.54) is 4.90 Å². The summed E-state index contributed by atoms with van der Waals surface area (Å²) in [6.45, 7) is 2.39. The van der Waals surface area contributed by atoms with Gasteiger partial charge in [-0.05, 0) is 31.2 Å². The van der Waals surface area contributed by atoms with Crippen molar-refractivity contribution in [1.29, 1.82) is 0 Å². The van der Waals surface area contributed by atoms with Crippen molar-refractivity contribution < 1.29 is 47.8 Å². The number of ether oxygens (including phenoxy) is 1. The SMILES string of the molecule is CCO[C@@H]1[C@H](N2C(=O)c3ccccc3C2=O)C(=[N+](C)C)N1c1ccccc1.[O-][Cl+3]([O-])([O-])[O-]. The zero-order valence-corrected chi connectivity index (χ0v) is 18.4. The summed E-state index contributed by atoms with van der Waals surface area (Å²) in [4.78, 5) is 29.4. The first-order valence-corrected chi connectivity index (χ1v) is 10.9. The first kappa shape index (κ1) is 23.8. The van der Waals surface area contributed by atoms with Gasteiger partial charge in [0.2, 0.25) is 12.3 Å². The van der Waals surface area contributed by atoms with Crippen LogP contribution in [0.15, 0.2) is 54.6 Å². The molecule has 170 valence electrons. The minimum absolute atomic E-state index is 0.266. The van der Waals surface area contributed by atoms with Crippen LogP contribution in [-0.2, 0) is 4.74 Å². The number of fused-ring (bicyclic) bond motifs is 1. The summed E-state index contributed by atoms with van der Waals surface area (Å²) in [6, 6.07) is 16.4. The van der Waals surface area contributed by atoms with E-state index in [1.54, 1.807) is 24.3 Å². The topological polar surface area (TPSA) is 145 Å². The quantitative estimate of drug-likeness (QED) is 0.356. The number of anilines is 1. The molecule has 2 aliphatic heterocycles. The van der Waals surface area contributed by atoms with Crippen LogP contribution in [0, 0.1) is 10.2 Å². The molecule has 0 bridgehead atoms. The summed E-state index contributed by atoms with van der Waals surface area (Å²) in [5.74, 6) is 0.323. The standard InChI is InChI=1S/C21H22N3O3.ClHO4/c1-4-27-21-17(18(22(2)3)23(21)14-10-6-5-7-11-14)24-19(25)15-12-8-9-13-16(15)20(24)26;2-1(3,4)5/h5-13,17,21H,4H2,1-3H3;(H,2,3,4,5)/q+1;/p-1/t17-,21-;/m1./s1. The normalized spacial score (nSPS) is 19.9. The van der Waals surface area contributed by atoms with Crippen molar-refractivity contribution in [2.75, 3.05) is 25.6 Å². The Morgan fingerprint density at radius 3 is 1.78 bits per heavy atom. The lowest BCUT2D eigenvalue weighted by molar-refractivity contribution is -2.00. The molecule has 2 atom stereocenters. The smallest absolute Gasteiger partial charge is 0.284 e. The first-order chi connectivity index (χ1) is 15.1. The maximum atomic E-state index is 13.0. The monoisotopic (exact) mass is 463 g/mol. The summed E-state index contributed by atoms with van der Waals surface area (Å²) in [6.07, 6.45) is -0.419. The van der Waals surface area contributed by atoms with E-state index in [0.717, 1.165) is 11.5 Å². The number of hydrogen-bond donors (Lipinski definition) is 0. The van der Waals surface area contributed by atoms with E-state index in [9.17, 15) is 9.59 Å².